The van der Waals surface area contributed by atoms with E-state index in [9.17, 15) is 17.6 Å². The summed E-state index contributed by atoms with van der Waals surface area (Å²) in [4.78, 5) is 12.2. The molecule has 1 heterocycles. The van der Waals surface area contributed by atoms with Crippen molar-refractivity contribution in [2.75, 3.05) is 0 Å². The third kappa shape index (κ3) is 2.92. The lowest BCUT2D eigenvalue weighted by atomic mass is 10.2. The quantitative estimate of drug-likeness (QED) is 0.804. The van der Waals surface area contributed by atoms with E-state index in [1.165, 1.54) is 31.2 Å². The highest BCUT2D eigenvalue weighted by Crippen LogP contribution is 2.26. The van der Waals surface area contributed by atoms with Crippen LogP contribution in [0.15, 0.2) is 41.3 Å². The van der Waals surface area contributed by atoms with Crippen molar-refractivity contribution in [2.24, 2.45) is 0 Å². The lowest BCUT2D eigenvalue weighted by molar-refractivity contribution is 0.0995. The third-order valence-electron chi connectivity index (χ3n) is 2.78. The highest BCUT2D eigenvalue weighted by atomic mass is 35.5. The molecule has 3 nitrogen and oxygen atoms in total. The number of Topliss-reactive ketones (excluding diaryl/α,β-unsaturated/α-hetero) is 1. The molecule has 0 bridgehead atoms. The van der Waals surface area contributed by atoms with Gasteiger partial charge in [0.1, 0.15) is 11.1 Å². The summed E-state index contributed by atoms with van der Waals surface area (Å²) in [6.07, 6.45) is 0. The standard InChI is InChI=1S/C13H10ClFO3S2/c1-8(13(16)11-5-6-12(14)19-11)20(17,18)10-4-2-3-9(15)7-10/h2-8H,1H3. The van der Waals surface area contributed by atoms with Gasteiger partial charge < -0.3 is 0 Å². The van der Waals surface area contributed by atoms with Crippen molar-refractivity contribution in [1.82, 2.24) is 0 Å². The molecule has 0 saturated carbocycles. The van der Waals surface area contributed by atoms with Crippen LogP contribution in [0.5, 0.6) is 0 Å². The zero-order valence-corrected chi connectivity index (χ0v) is 12.7. The van der Waals surface area contributed by atoms with Crippen LogP contribution in [0.3, 0.4) is 0 Å². The number of carbonyl (C=O) groups excluding carboxylic acids is 1. The molecule has 1 unspecified atom stereocenters. The molecule has 0 aliphatic rings. The fourth-order valence-electron chi connectivity index (χ4n) is 1.64. The van der Waals surface area contributed by atoms with E-state index in [0.29, 0.717) is 4.34 Å². The zero-order valence-electron chi connectivity index (χ0n) is 10.3. The van der Waals surface area contributed by atoms with Gasteiger partial charge in [0.25, 0.3) is 0 Å². The molecule has 0 N–H and O–H groups in total. The molecule has 0 spiro atoms. The minimum atomic E-state index is -3.93. The smallest absolute Gasteiger partial charge is 0.191 e. The molecule has 7 heteroatoms. The molecule has 0 saturated heterocycles. The maximum absolute atomic E-state index is 13.1. The molecule has 0 aliphatic carbocycles. The Kier molecular flexibility index (Phi) is 4.27. The number of ketones is 1. The second-order valence-electron chi connectivity index (χ2n) is 4.11. The van der Waals surface area contributed by atoms with Gasteiger partial charge in [-0.15, -0.1) is 11.3 Å². The van der Waals surface area contributed by atoms with Crippen LogP contribution in [-0.2, 0) is 9.84 Å². The van der Waals surface area contributed by atoms with E-state index in [0.717, 1.165) is 23.5 Å². The van der Waals surface area contributed by atoms with Gasteiger partial charge in [0.15, 0.2) is 15.6 Å². The van der Waals surface area contributed by atoms with Gasteiger partial charge in [-0.25, -0.2) is 12.8 Å². The summed E-state index contributed by atoms with van der Waals surface area (Å²) in [5.74, 6) is -1.21. The summed E-state index contributed by atoms with van der Waals surface area (Å²) in [6.45, 7) is 1.29. The first-order valence-electron chi connectivity index (χ1n) is 5.61. The Hall–Kier alpha value is -1.24. The van der Waals surface area contributed by atoms with Gasteiger partial charge in [0.2, 0.25) is 0 Å². The molecule has 0 aliphatic heterocycles. The SMILES string of the molecule is CC(C(=O)c1ccc(Cl)s1)S(=O)(=O)c1cccc(F)c1. The van der Waals surface area contributed by atoms with Gasteiger partial charge in [-0.05, 0) is 37.3 Å². The zero-order chi connectivity index (χ0) is 14.9. The van der Waals surface area contributed by atoms with Gasteiger partial charge in [-0.3, -0.25) is 4.79 Å². The molecular weight excluding hydrogens is 323 g/mol. The fourth-order valence-corrected chi connectivity index (χ4v) is 4.14. The average molecular weight is 333 g/mol. The van der Waals surface area contributed by atoms with E-state index >= 15 is 0 Å². The fraction of sp³-hybridized carbons (Fsp3) is 0.154. The second-order valence-corrected chi connectivity index (χ2v) is 8.10. The van der Waals surface area contributed by atoms with E-state index in [2.05, 4.69) is 0 Å². The highest BCUT2D eigenvalue weighted by Gasteiger charge is 2.31. The Balaban J connectivity index is 2.37. The van der Waals surface area contributed by atoms with Crippen LogP contribution in [0.4, 0.5) is 4.39 Å². The van der Waals surface area contributed by atoms with Crippen LogP contribution in [0.25, 0.3) is 0 Å². The molecule has 20 heavy (non-hydrogen) atoms. The molecule has 2 aromatic rings. The van der Waals surface area contributed by atoms with Crippen LogP contribution in [0.1, 0.15) is 16.6 Å². The van der Waals surface area contributed by atoms with Crippen LogP contribution in [0.2, 0.25) is 4.34 Å². The van der Waals surface area contributed by atoms with E-state index in [4.69, 9.17) is 11.6 Å². The topological polar surface area (TPSA) is 51.2 Å². The first kappa shape index (κ1) is 15.2. The molecule has 1 aromatic heterocycles. The third-order valence-corrected chi connectivity index (χ3v) is 6.08. The van der Waals surface area contributed by atoms with Crippen LogP contribution < -0.4 is 0 Å². The van der Waals surface area contributed by atoms with Crippen molar-refractivity contribution in [3.63, 3.8) is 0 Å². The predicted octanol–water partition coefficient (Wildman–Crippen LogP) is 3.59. The minimum absolute atomic E-state index is 0.207. The number of halogens is 2. The largest absolute Gasteiger partial charge is 0.292 e. The maximum Gasteiger partial charge on any atom is 0.191 e. The first-order chi connectivity index (χ1) is 9.32. The molecule has 0 radical (unpaired) electrons. The minimum Gasteiger partial charge on any atom is -0.292 e. The Morgan fingerprint density at radius 2 is 2.00 bits per heavy atom. The van der Waals surface area contributed by atoms with Gasteiger partial charge in [-0.2, -0.15) is 0 Å². The van der Waals surface area contributed by atoms with Gasteiger partial charge in [0.05, 0.1) is 14.1 Å². The number of thiophene rings is 1. The lowest BCUT2D eigenvalue weighted by Gasteiger charge is -2.11. The van der Waals surface area contributed by atoms with E-state index < -0.39 is 26.7 Å². The Labute approximate surface area is 124 Å². The number of carbonyl (C=O) groups is 1. The van der Waals surface area contributed by atoms with Gasteiger partial charge in [-0.1, -0.05) is 17.7 Å². The number of hydrogen-bond acceptors (Lipinski definition) is 4. The Morgan fingerprint density at radius 3 is 2.55 bits per heavy atom. The average Bonchev–Trinajstić information content (AvgIpc) is 2.83. The van der Waals surface area contributed by atoms with Crippen molar-refractivity contribution in [3.8, 4) is 0 Å². The summed E-state index contributed by atoms with van der Waals surface area (Å²) in [6, 6.07) is 7.62. The summed E-state index contributed by atoms with van der Waals surface area (Å²) in [5.41, 5.74) is 0. The molecule has 0 fully saturated rings. The molecule has 106 valence electrons. The molecule has 1 atom stereocenters. The second kappa shape index (κ2) is 5.63. The first-order valence-corrected chi connectivity index (χ1v) is 8.35. The molecule has 0 amide bonds. The summed E-state index contributed by atoms with van der Waals surface area (Å²) < 4.78 is 38.1. The van der Waals surface area contributed by atoms with Crippen LogP contribution >= 0.6 is 22.9 Å². The summed E-state index contributed by atoms with van der Waals surface area (Å²) >= 11 is 6.74. The number of sulfone groups is 1. The van der Waals surface area contributed by atoms with Crippen molar-refractivity contribution in [3.05, 3.63) is 51.4 Å². The van der Waals surface area contributed by atoms with Gasteiger partial charge in [0, 0.05) is 0 Å². The maximum atomic E-state index is 13.1. The highest BCUT2D eigenvalue weighted by molar-refractivity contribution is 7.92. The van der Waals surface area contributed by atoms with Crippen LogP contribution in [-0.4, -0.2) is 19.5 Å². The van der Waals surface area contributed by atoms with Crippen molar-refractivity contribution < 1.29 is 17.6 Å². The summed E-state index contributed by atoms with van der Waals surface area (Å²) in [5, 5.41) is -1.29. The molecule has 2 rings (SSSR count). The van der Waals surface area contributed by atoms with Crippen molar-refractivity contribution >= 4 is 38.6 Å². The molecule has 1 aromatic carbocycles. The Bertz CT molecular complexity index is 752. The number of benzene rings is 1. The van der Waals surface area contributed by atoms with E-state index in [1.807, 2.05) is 0 Å². The van der Waals surface area contributed by atoms with E-state index in [-0.39, 0.29) is 9.77 Å². The Morgan fingerprint density at radius 1 is 1.30 bits per heavy atom. The summed E-state index contributed by atoms with van der Waals surface area (Å²) in [7, 11) is -3.93. The molecular formula is C13H10ClFO3S2. The predicted molar refractivity (Wildman–Crippen MR) is 76.7 cm³/mol. The van der Waals surface area contributed by atoms with Crippen LogP contribution in [0, 0.1) is 5.82 Å². The monoisotopic (exact) mass is 332 g/mol. The van der Waals surface area contributed by atoms with Crippen molar-refractivity contribution in [2.45, 2.75) is 17.1 Å². The normalized spacial score (nSPS) is 13.2. The number of hydrogen-bond donors (Lipinski definition) is 0. The number of rotatable bonds is 4. The van der Waals surface area contributed by atoms with Gasteiger partial charge >= 0.3 is 0 Å². The van der Waals surface area contributed by atoms with E-state index in [1.54, 1.807) is 0 Å². The lowest BCUT2D eigenvalue weighted by Crippen LogP contribution is -2.27. The van der Waals surface area contributed by atoms with Crippen molar-refractivity contribution in [1.29, 1.82) is 0 Å².